The predicted octanol–water partition coefficient (Wildman–Crippen LogP) is 5.47. The lowest BCUT2D eigenvalue weighted by Crippen LogP contribution is -2.56. The van der Waals surface area contributed by atoms with Crippen LogP contribution in [0.1, 0.15) is 45.4 Å². The van der Waals surface area contributed by atoms with Crippen molar-refractivity contribution in [2.75, 3.05) is 18.1 Å². The van der Waals surface area contributed by atoms with E-state index in [0.29, 0.717) is 18.4 Å². The third-order valence-corrected chi connectivity index (χ3v) is 8.35. The fraction of sp³-hybridized carbons (Fsp3) is 0.520. The topological polar surface area (TPSA) is 46.6 Å². The molecular weight excluding hydrogens is 442 g/mol. The summed E-state index contributed by atoms with van der Waals surface area (Å²) in [6.07, 6.45) is 6.27. The van der Waals surface area contributed by atoms with Crippen molar-refractivity contribution in [1.82, 2.24) is 0 Å². The Labute approximate surface area is 186 Å². The number of nitrogens with zero attached hydrogens (tertiary/aromatic N) is 1. The van der Waals surface area contributed by atoms with Crippen LogP contribution in [-0.4, -0.2) is 29.4 Å². The van der Waals surface area contributed by atoms with Gasteiger partial charge in [-0.2, -0.15) is 0 Å². The van der Waals surface area contributed by atoms with Gasteiger partial charge in [-0.25, -0.2) is 0 Å². The van der Waals surface area contributed by atoms with E-state index in [2.05, 4.69) is 15.9 Å². The maximum Gasteiger partial charge on any atom is 0.312 e. The number of halogens is 1. The third kappa shape index (κ3) is 3.35. The molecule has 0 radical (unpaired) electrons. The normalized spacial score (nSPS) is 31.7. The highest BCUT2D eigenvalue weighted by molar-refractivity contribution is 9.10. The quantitative estimate of drug-likeness (QED) is 0.430. The first kappa shape index (κ1) is 20.0. The van der Waals surface area contributed by atoms with E-state index in [0.717, 1.165) is 35.7 Å². The molecule has 1 amide bonds. The van der Waals surface area contributed by atoms with Crippen LogP contribution < -0.4 is 4.90 Å². The van der Waals surface area contributed by atoms with Gasteiger partial charge in [-0.05, 0) is 68.7 Å². The lowest BCUT2D eigenvalue weighted by Gasteiger charge is -2.58. The maximum absolute atomic E-state index is 13.2. The fourth-order valence-corrected chi connectivity index (χ4v) is 8.12. The number of alkyl halides is 1. The zero-order chi connectivity index (χ0) is 20.9. The highest BCUT2D eigenvalue weighted by Gasteiger charge is 2.60. The molecule has 4 saturated carbocycles. The molecule has 0 heterocycles. The number of fused-ring (bicyclic) bond motifs is 1. The summed E-state index contributed by atoms with van der Waals surface area (Å²) in [5.74, 6) is 0.886. The van der Waals surface area contributed by atoms with Gasteiger partial charge in [-0.1, -0.05) is 52.3 Å². The van der Waals surface area contributed by atoms with Crippen LogP contribution in [-0.2, 0) is 14.3 Å². The van der Waals surface area contributed by atoms with Gasteiger partial charge in [-0.15, -0.1) is 0 Å². The Bertz CT molecular complexity index is 984. The molecule has 2 atom stereocenters. The summed E-state index contributed by atoms with van der Waals surface area (Å²) in [5.41, 5.74) is 0.468. The zero-order valence-corrected chi connectivity index (χ0v) is 19.0. The minimum atomic E-state index is -0.398. The molecule has 4 nitrogen and oxygen atoms in total. The van der Waals surface area contributed by atoms with Crippen LogP contribution in [0.4, 0.5) is 5.69 Å². The van der Waals surface area contributed by atoms with E-state index < -0.39 is 5.41 Å². The molecule has 0 aliphatic heterocycles. The number of anilines is 1. The van der Waals surface area contributed by atoms with Crippen molar-refractivity contribution in [3.8, 4) is 0 Å². The Morgan fingerprint density at radius 3 is 2.47 bits per heavy atom. The highest BCUT2D eigenvalue weighted by Crippen LogP contribution is 2.64. The van der Waals surface area contributed by atoms with Crippen LogP contribution in [0.25, 0.3) is 10.8 Å². The first-order chi connectivity index (χ1) is 14.4. The van der Waals surface area contributed by atoms with E-state index in [1.807, 2.05) is 49.4 Å². The molecule has 2 unspecified atom stereocenters. The second-order valence-corrected chi connectivity index (χ2v) is 11.3. The lowest BCUT2D eigenvalue weighted by atomic mass is 9.49. The summed E-state index contributed by atoms with van der Waals surface area (Å²) in [6.45, 7) is 2.29. The SMILES string of the molecule is CCN(C(=O)COC(=O)C12CC3CC(CC(Br)(C3)C1)C2)c1cccc2ccccc12. The Morgan fingerprint density at radius 2 is 1.77 bits per heavy atom. The molecular formula is C25H28BrNO3. The Kier molecular flexibility index (Phi) is 4.92. The standard InChI is InChI=1S/C25H28BrNO3/c1-2-27(21-9-5-7-19-6-3-4-8-20(19)21)22(28)15-30-23(29)24-11-17-10-18(12-24)14-25(26,13-17)16-24/h3-9,17-18H,2,10-16H2,1H3. The monoisotopic (exact) mass is 469 g/mol. The molecule has 158 valence electrons. The minimum absolute atomic E-state index is 0.0958. The van der Waals surface area contributed by atoms with Crippen molar-refractivity contribution in [3.63, 3.8) is 0 Å². The first-order valence-electron chi connectivity index (χ1n) is 11.1. The number of rotatable bonds is 5. The van der Waals surface area contributed by atoms with Gasteiger partial charge in [0.1, 0.15) is 0 Å². The molecule has 4 aliphatic carbocycles. The molecule has 4 aliphatic rings. The number of ether oxygens (including phenoxy) is 1. The second-order valence-electron chi connectivity index (χ2n) is 9.60. The summed E-state index contributed by atoms with van der Waals surface area (Å²) in [4.78, 5) is 28.0. The summed E-state index contributed by atoms with van der Waals surface area (Å²) >= 11 is 3.95. The van der Waals surface area contributed by atoms with Gasteiger partial charge in [-0.3, -0.25) is 9.59 Å². The van der Waals surface area contributed by atoms with E-state index >= 15 is 0 Å². The fourth-order valence-electron chi connectivity index (χ4n) is 6.67. The molecule has 0 aromatic heterocycles. The van der Waals surface area contributed by atoms with Gasteiger partial charge < -0.3 is 9.64 Å². The Morgan fingerprint density at radius 1 is 1.07 bits per heavy atom. The number of hydrogen-bond donors (Lipinski definition) is 0. The van der Waals surface area contributed by atoms with Crippen molar-refractivity contribution >= 4 is 44.3 Å². The predicted molar refractivity (Wildman–Crippen MR) is 122 cm³/mol. The van der Waals surface area contributed by atoms with Gasteiger partial charge in [0, 0.05) is 16.3 Å². The Balaban J connectivity index is 1.31. The summed E-state index contributed by atoms with van der Waals surface area (Å²) in [7, 11) is 0. The third-order valence-electron chi connectivity index (χ3n) is 7.42. The van der Waals surface area contributed by atoms with Crippen LogP contribution in [0.2, 0.25) is 0 Å². The number of likely N-dealkylation sites (N-methyl/N-ethyl adjacent to an activating group) is 1. The Hall–Kier alpha value is -1.88. The van der Waals surface area contributed by atoms with Crippen molar-refractivity contribution in [3.05, 3.63) is 42.5 Å². The van der Waals surface area contributed by atoms with E-state index in [4.69, 9.17) is 4.74 Å². The summed E-state index contributed by atoms with van der Waals surface area (Å²) in [6, 6.07) is 14.0. The summed E-state index contributed by atoms with van der Waals surface area (Å²) < 4.78 is 5.79. The number of esters is 1. The van der Waals surface area contributed by atoms with Crippen LogP contribution in [0.15, 0.2) is 42.5 Å². The van der Waals surface area contributed by atoms with Crippen LogP contribution >= 0.6 is 15.9 Å². The smallest absolute Gasteiger partial charge is 0.312 e. The van der Waals surface area contributed by atoms with Crippen molar-refractivity contribution in [2.24, 2.45) is 17.3 Å². The van der Waals surface area contributed by atoms with Crippen molar-refractivity contribution < 1.29 is 14.3 Å². The van der Waals surface area contributed by atoms with E-state index in [-0.39, 0.29) is 22.8 Å². The molecule has 2 aromatic carbocycles. The molecule has 2 aromatic rings. The maximum atomic E-state index is 13.2. The molecule has 0 spiro atoms. The molecule has 0 saturated heterocycles. The molecule has 0 N–H and O–H groups in total. The minimum Gasteiger partial charge on any atom is -0.455 e. The molecule has 4 bridgehead atoms. The average molecular weight is 470 g/mol. The van der Waals surface area contributed by atoms with Crippen molar-refractivity contribution in [1.29, 1.82) is 0 Å². The van der Waals surface area contributed by atoms with Gasteiger partial charge >= 0.3 is 5.97 Å². The number of hydrogen-bond acceptors (Lipinski definition) is 3. The number of carbonyl (C=O) groups is 2. The highest BCUT2D eigenvalue weighted by atomic mass is 79.9. The van der Waals surface area contributed by atoms with Crippen molar-refractivity contribution in [2.45, 2.75) is 49.8 Å². The van der Waals surface area contributed by atoms with E-state index in [9.17, 15) is 9.59 Å². The van der Waals surface area contributed by atoms with Gasteiger partial charge in [0.2, 0.25) is 0 Å². The van der Waals surface area contributed by atoms with E-state index in [1.165, 1.54) is 19.3 Å². The lowest BCUT2D eigenvalue weighted by molar-refractivity contribution is -0.171. The van der Waals surface area contributed by atoms with Crippen LogP contribution in [0, 0.1) is 17.3 Å². The molecule has 5 heteroatoms. The van der Waals surface area contributed by atoms with E-state index in [1.54, 1.807) is 4.90 Å². The van der Waals surface area contributed by atoms with Crippen LogP contribution in [0.5, 0.6) is 0 Å². The number of benzene rings is 2. The summed E-state index contributed by atoms with van der Waals surface area (Å²) in [5, 5.41) is 2.12. The first-order valence-corrected chi connectivity index (χ1v) is 11.8. The van der Waals surface area contributed by atoms with Gasteiger partial charge in [0.25, 0.3) is 5.91 Å². The zero-order valence-electron chi connectivity index (χ0n) is 17.4. The molecule has 4 fully saturated rings. The number of carbonyl (C=O) groups excluding carboxylic acids is 2. The second kappa shape index (κ2) is 7.37. The number of amides is 1. The van der Waals surface area contributed by atoms with Gasteiger partial charge in [0.15, 0.2) is 6.61 Å². The largest absolute Gasteiger partial charge is 0.455 e. The average Bonchev–Trinajstić information content (AvgIpc) is 2.71. The molecule has 30 heavy (non-hydrogen) atoms. The van der Waals surface area contributed by atoms with Gasteiger partial charge in [0.05, 0.1) is 11.1 Å². The van der Waals surface area contributed by atoms with Crippen LogP contribution in [0.3, 0.4) is 0 Å². The molecule has 6 rings (SSSR count).